The van der Waals surface area contributed by atoms with Gasteiger partial charge >= 0.3 is 60.8 Å². The van der Waals surface area contributed by atoms with E-state index in [1.807, 2.05) is 0 Å². The van der Waals surface area contributed by atoms with Crippen molar-refractivity contribution in [3.8, 4) is 0 Å². The second kappa shape index (κ2) is 16.4. The van der Waals surface area contributed by atoms with Crippen molar-refractivity contribution in [2.24, 2.45) is 0 Å². The predicted octanol–water partition coefficient (Wildman–Crippen LogP) is -6.68. The van der Waals surface area contributed by atoms with Gasteiger partial charge in [0.05, 0.1) is 23.9 Å². The molecule has 0 bridgehead atoms. The molecule has 0 aliphatic carbocycles. The minimum atomic E-state index is -1.55. The summed E-state index contributed by atoms with van der Waals surface area (Å²) >= 11 is 0. The molecule has 0 aromatic carbocycles. The van der Waals surface area contributed by atoms with Gasteiger partial charge in [-0.1, -0.05) is 0 Å². The van der Waals surface area contributed by atoms with Crippen LogP contribution in [0, 0.1) is 0 Å². The van der Waals surface area contributed by atoms with Gasteiger partial charge in [-0.15, -0.1) is 0 Å². The van der Waals surface area contributed by atoms with E-state index in [0.29, 0.717) is 24.3 Å². The summed E-state index contributed by atoms with van der Waals surface area (Å²) in [7, 11) is 0. The molecule has 0 heterocycles. The molecule has 0 amide bonds. The standard InChI is InChI=1S/2C4H4O4.Ca.Mg/c2*5-3(6)1-2-4(7)8;;/h2*1-2H,(H,5,6)(H,7,8);;/q;;2*+2/p-4. The van der Waals surface area contributed by atoms with Gasteiger partial charge in [0, 0.05) is 0 Å². The second-order valence-corrected chi connectivity index (χ2v) is 1.94. The molecule has 0 N–H and O–H groups in total. The average molecular weight is 292 g/mol. The first-order chi connectivity index (χ1) is 7.25. The number of carbonyl (C=O) groups excluding carboxylic acids is 4. The van der Waals surface area contributed by atoms with Crippen LogP contribution in [-0.4, -0.2) is 84.7 Å². The minimum absolute atomic E-state index is 0. The first kappa shape index (κ1) is 26.1. The van der Waals surface area contributed by atoms with Crippen molar-refractivity contribution < 1.29 is 39.6 Å². The average Bonchev–Trinajstić information content (AvgIpc) is 2.12. The Hall–Kier alpha value is -0.614. The molecule has 0 unspecified atom stereocenters. The molecule has 0 radical (unpaired) electrons. The fourth-order valence-electron chi connectivity index (χ4n) is 0.272. The van der Waals surface area contributed by atoms with Gasteiger partial charge in [-0.25, -0.2) is 0 Å². The molecule has 0 fully saturated rings. The van der Waals surface area contributed by atoms with E-state index in [-0.39, 0.29) is 60.8 Å². The van der Waals surface area contributed by atoms with Crippen LogP contribution in [0.5, 0.6) is 0 Å². The van der Waals surface area contributed by atoms with Crippen LogP contribution >= 0.6 is 0 Å². The van der Waals surface area contributed by atoms with Gasteiger partial charge in [-0.2, -0.15) is 0 Å². The Bertz CT molecular complexity index is 283. The zero-order valence-corrected chi connectivity index (χ0v) is 12.6. The summed E-state index contributed by atoms with van der Waals surface area (Å²) in [5, 5.41) is 37.7. The van der Waals surface area contributed by atoms with Crippen molar-refractivity contribution in [3.05, 3.63) is 24.3 Å². The molecule has 10 heteroatoms. The van der Waals surface area contributed by atoms with E-state index in [9.17, 15) is 39.6 Å². The molecule has 0 saturated carbocycles. The Labute approximate surface area is 147 Å². The summed E-state index contributed by atoms with van der Waals surface area (Å²) in [5.41, 5.74) is 0. The van der Waals surface area contributed by atoms with E-state index in [1.54, 1.807) is 0 Å². The molecular formula is C8H4CaMgO8. The van der Waals surface area contributed by atoms with Crippen molar-refractivity contribution >= 4 is 84.7 Å². The smallest absolute Gasteiger partial charge is 0.545 e. The Morgan fingerprint density at radius 3 is 0.722 bits per heavy atom. The third-order valence-electron chi connectivity index (χ3n) is 0.711. The van der Waals surface area contributed by atoms with Crippen molar-refractivity contribution in [2.45, 2.75) is 0 Å². The molecule has 0 aliphatic rings. The van der Waals surface area contributed by atoms with Crippen LogP contribution in [-0.2, 0) is 19.2 Å². The van der Waals surface area contributed by atoms with Crippen molar-refractivity contribution in [1.82, 2.24) is 0 Å². The Morgan fingerprint density at radius 2 is 0.667 bits per heavy atom. The SMILES string of the molecule is O=C([O-])C=CC(=O)[O-].O=C([O-])C=CC(=O)[O-].[Ca+2].[Mg+2]. The number of carboxylic acids is 4. The summed E-state index contributed by atoms with van der Waals surface area (Å²) in [5.74, 6) is -6.19. The molecule has 0 rings (SSSR count). The number of carbonyl (C=O) groups is 4. The van der Waals surface area contributed by atoms with E-state index in [4.69, 9.17) is 0 Å². The topological polar surface area (TPSA) is 161 Å². The van der Waals surface area contributed by atoms with Crippen molar-refractivity contribution in [2.75, 3.05) is 0 Å². The van der Waals surface area contributed by atoms with Crippen LogP contribution in [0.25, 0.3) is 0 Å². The summed E-state index contributed by atoms with van der Waals surface area (Å²) in [4.78, 5) is 37.7. The maximum Gasteiger partial charge on any atom is 2.00 e. The number of hydrogen-bond acceptors (Lipinski definition) is 8. The molecule has 0 saturated heterocycles. The number of rotatable bonds is 4. The molecule has 0 aliphatic heterocycles. The fourth-order valence-corrected chi connectivity index (χ4v) is 0.272. The van der Waals surface area contributed by atoms with E-state index < -0.39 is 23.9 Å². The van der Waals surface area contributed by atoms with Crippen LogP contribution in [0.4, 0.5) is 0 Å². The van der Waals surface area contributed by atoms with Crippen molar-refractivity contribution in [3.63, 3.8) is 0 Å². The maximum atomic E-state index is 9.41. The third kappa shape index (κ3) is 36.1. The number of aliphatic carboxylic acids is 4. The van der Waals surface area contributed by atoms with Gasteiger partial charge in [-0.05, 0) is 24.3 Å². The monoisotopic (exact) mass is 292 g/mol. The fraction of sp³-hybridized carbons (Fsp3) is 0. The predicted molar refractivity (Wildman–Crippen MR) is 49.8 cm³/mol. The summed E-state index contributed by atoms with van der Waals surface area (Å²) in [6.07, 6.45) is 1.54. The summed E-state index contributed by atoms with van der Waals surface area (Å²) < 4.78 is 0. The van der Waals surface area contributed by atoms with E-state index >= 15 is 0 Å². The van der Waals surface area contributed by atoms with E-state index in [2.05, 4.69) is 0 Å². The molecule has 18 heavy (non-hydrogen) atoms. The van der Waals surface area contributed by atoms with Gasteiger partial charge in [-0.3, -0.25) is 0 Å². The normalized spacial score (nSPS) is 8.44. The first-order valence-corrected chi connectivity index (χ1v) is 3.45. The Balaban J connectivity index is -0.0000000980. The quantitative estimate of drug-likeness (QED) is 0.365. The zero-order valence-electron chi connectivity index (χ0n) is 8.99. The Kier molecular flexibility index (Phi) is 23.7. The third-order valence-corrected chi connectivity index (χ3v) is 0.711. The summed E-state index contributed by atoms with van der Waals surface area (Å²) in [6, 6.07) is 0. The maximum absolute atomic E-state index is 9.41. The summed E-state index contributed by atoms with van der Waals surface area (Å²) in [6.45, 7) is 0. The van der Waals surface area contributed by atoms with Crippen LogP contribution in [0.3, 0.4) is 0 Å². The van der Waals surface area contributed by atoms with Crippen LogP contribution in [0.15, 0.2) is 24.3 Å². The molecule has 0 aromatic heterocycles. The molecule has 0 spiro atoms. The molecule has 0 atom stereocenters. The molecular weight excluding hydrogens is 288 g/mol. The van der Waals surface area contributed by atoms with E-state index in [0.717, 1.165) is 0 Å². The van der Waals surface area contributed by atoms with Crippen LogP contribution in [0.2, 0.25) is 0 Å². The molecule has 88 valence electrons. The van der Waals surface area contributed by atoms with Gasteiger partial charge < -0.3 is 39.6 Å². The van der Waals surface area contributed by atoms with Crippen molar-refractivity contribution in [1.29, 1.82) is 0 Å². The number of hydrogen-bond donors (Lipinski definition) is 0. The second-order valence-electron chi connectivity index (χ2n) is 1.94. The van der Waals surface area contributed by atoms with Gasteiger partial charge in [0.2, 0.25) is 0 Å². The molecule has 0 aromatic rings. The van der Waals surface area contributed by atoms with E-state index in [1.165, 1.54) is 0 Å². The minimum Gasteiger partial charge on any atom is -0.545 e. The van der Waals surface area contributed by atoms with Crippen LogP contribution in [0.1, 0.15) is 0 Å². The first-order valence-electron chi connectivity index (χ1n) is 3.45. The zero-order chi connectivity index (χ0) is 13.1. The van der Waals surface area contributed by atoms with Gasteiger partial charge in [0.15, 0.2) is 0 Å². The Morgan fingerprint density at radius 1 is 0.556 bits per heavy atom. The molecule has 8 nitrogen and oxygen atoms in total. The van der Waals surface area contributed by atoms with Gasteiger partial charge in [0.1, 0.15) is 0 Å². The largest absolute Gasteiger partial charge is 2.00 e. The van der Waals surface area contributed by atoms with Crippen LogP contribution < -0.4 is 20.4 Å². The van der Waals surface area contributed by atoms with Gasteiger partial charge in [0.25, 0.3) is 0 Å². The number of carboxylic acid groups (broad SMARTS) is 4.